The van der Waals surface area contributed by atoms with Gasteiger partial charge in [0.1, 0.15) is 17.6 Å². The second-order valence-corrected chi connectivity index (χ2v) is 5.44. The molecule has 1 aromatic heterocycles. The first-order chi connectivity index (χ1) is 11.2. The molecule has 0 radical (unpaired) electrons. The monoisotopic (exact) mass is 376 g/mol. The number of hydrogen-bond acceptors (Lipinski definition) is 3. The molecule has 2 aromatic rings. The van der Waals surface area contributed by atoms with E-state index in [0.717, 1.165) is 4.68 Å². The third-order valence-electron chi connectivity index (χ3n) is 2.97. The largest absolute Gasteiger partial charge is 0.416 e. The number of nitriles is 1. The average Bonchev–Trinajstić information content (AvgIpc) is 2.88. The third-order valence-corrected chi connectivity index (χ3v) is 3.54. The van der Waals surface area contributed by atoms with Gasteiger partial charge in [0.05, 0.1) is 15.6 Å². The van der Waals surface area contributed by atoms with Crippen LogP contribution < -0.4 is 5.32 Å². The second kappa shape index (κ2) is 6.71. The maximum absolute atomic E-state index is 12.8. The van der Waals surface area contributed by atoms with Crippen molar-refractivity contribution in [3.05, 3.63) is 39.5 Å². The zero-order valence-corrected chi connectivity index (χ0v) is 13.6. The zero-order valence-electron chi connectivity index (χ0n) is 12.1. The van der Waals surface area contributed by atoms with Gasteiger partial charge in [-0.2, -0.15) is 23.5 Å². The summed E-state index contributed by atoms with van der Waals surface area (Å²) in [5, 5.41) is 14.7. The van der Waals surface area contributed by atoms with E-state index < -0.39 is 11.7 Å². The van der Waals surface area contributed by atoms with Gasteiger partial charge in [-0.25, -0.2) is 4.68 Å². The van der Waals surface area contributed by atoms with Crippen LogP contribution in [0, 0.1) is 11.3 Å². The number of nitrogens with zero attached hydrogens (tertiary/aromatic N) is 3. The Hall–Kier alpha value is -2.24. The number of carbonyl (C=O) groups excluding carboxylic acids is 1. The van der Waals surface area contributed by atoms with E-state index in [2.05, 4.69) is 10.4 Å². The number of amides is 1. The predicted octanol–water partition coefficient (Wildman–Crippen LogP) is 4.42. The third kappa shape index (κ3) is 3.63. The minimum atomic E-state index is -4.62. The molecule has 0 bridgehead atoms. The number of alkyl halides is 3. The maximum atomic E-state index is 12.8. The fraction of sp³-hybridized carbons (Fsp3) is 0.214. The number of halogens is 5. The maximum Gasteiger partial charge on any atom is 0.416 e. The smallest absolute Gasteiger partial charge is 0.311 e. The topological polar surface area (TPSA) is 70.7 Å². The quantitative estimate of drug-likeness (QED) is 0.861. The molecule has 24 heavy (non-hydrogen) atoms. The van der Waals surface area contributed by atoms with Crippen molar-refractivity contribution in [2.75, 3.05) is 5.32 Å². The van der Waals surface area contributed by atoms with Crippen molar-refractivity contribution in [2.24, 2.45) is 0 Å². The molecule has 0 spiro atoms. The van der Waals surface area contributed by atoms with E-state index in [9.17, 15) is 18.0 Å². The summed E-state index contributed by atoms with van der Waals surface area (Å²) in [5.41, 5.74) is -1.15. The van der Waals surface area contributed by atoms with Gasteiger partial charge in [0, 0.05) is 12.5 Å². The van der Waals surface area contributed by atoms with E-state index in [0.29, 0.717) is 12.1 Å². The van der Waals surface area contributed by atoms with Gasteiger partial charge in [-0.15, -0.1) is 0 Å². The van der Waals surface area contributed by atoms with Gasteiger partial charge in [-0.3, -0.25) is 4.79 Å². The Labute approximate surface area is 144 Å². The zero-order chi connectivity index (χ0) is 18.1. The summed E-state index contributed by atoms with van der Waals surface area (Å²) in [4.78, 5) is 11.6. The lowest BCUT2D eigenvalue weighted by atomic mass is 10.2. The van der Waals surface area contributed by atoms with E-state index in [-0.39, 0.29) is 39.6 Å². The highest BCUT2D eigenvalue weighted by atomic mass is 35.5. The van der Waals surface area contributed by atoms with Gasteiger partial charge in [-0.05, 0) is 12.1 Å². The van der Waals surface area contributed by atoms with Crippen LogP contribution in [0.5, 0.6) is 0 Å². The van der Waals surface area contributed by atoms with Crippen LogP contribution in [-0.4, -0.2) is 15.7 Å². The number of anilines is 1. The van der Waals surface area contributed by atoms with Crippen molar-refractivity contribution in [1.82, 2.24) is 9.78 Å². The van der Waals surface area contributed by atoms with Crippen molar-refractivity contribution in [3.63, 3.8) is 0 Å². The van der Waals surface area contributed by atoms with Crippen molar-refractivity contribution in [3.8, 4) is 11.8 Å². The Balaban J connectivity index is 2.62. The molecule has 126 valence electrons. The summed E-state index contributed by atoms with van der Waals surface area (Å²) >= 11 is 11.9. The van der Waals surface area contributed by atoms with Crippen LogP contribution in [0.4, 0.5) is 19.0 Å². The van der Waals surface area contributed by atoms with Crippen molar-refractivity contribution >= 4 is 34.9 Å². The van der Waals surface area contributed by atoms with Gasteiger partial charge in [-0.1, -0.05) is 30.1 Å². The molecular formula is C14H9Cl2F3N4O. The standard InChI is InChI=1S/C14H9Cl2F3N4O/c1-2-12(24)21-11-5-8(6-20)22-23(11)13-9(15)3-7(4-10(13)16)14(17,18)19/h3-5H,2H2,1H3,(H,21,24). The van der Waals surface area contributed by atoms with E-state index in [4.69, 9.17) is 28.5 Å². The Morgan fingerprint density at radius 2 is 1.92 bits per heavy atom. The van der Waals surface area contributed by atoms with Gasteiger partial charge < -0.3 is 5.32 Å². The first kappa shape index (κ1) is 18.1. The molecule has 0 saturated carbocycles. The number of benzene rings is 1. The van der Waals surface area contributed by atoms with Crippen molar-refractivity contribution < 1.29 is 18.0 Å². The molecule has 0 aliphatic carbocycles. The summed E-state index contributed by atoms with van der Waals surface area (Å²) < 4.78 is 39.4. The van der Waals surface area contributed by atoms with Crippen molar-refractivity contribution in [2.45, 2.75) is 19.5 Å². The molecule has 1 heterocycles. The van der Waals surface area contributed by atoms with Crippen LogP contribution in [0.1, 0.15) is 24.6 Å². The highest BCUT2D eigenvalue weighted by Crippen LogP contribution is 2.38. The van der Waals surface area contributed by atoms with Crippen LogP contribution in [0.25, 0.3) is 5.69 Å². The molecule has 0 fully saturated rings. The SMILES string of the molecule is CCC(=O)Nc1cc(C#N)nn1-c1c(Cl)cc(C(F)(F)F)cc1Cl. The molecule has 1 amide bonds. The van der Waals surface area contributed by atoms with E-state index in [1.165, 1.54) is 6.07 Å². The van der Waals surface area contributed by atoms with E-state index in [1.54, 1.807) is 13.0 Å². The molecule has 1 aromatic carbocycles. The molecule has 1 N–H and O–H groups in total. The Bertz CT molecular complexity index is 817. The number of aromatic nitrogens is 2. The van der Waals surface area contributed by atoms with Crippen molar-refractivity contribution in [1.29, 1.82) is 5.26 Å². The molecule has 2 rings (SSSR count). The van der Waals surface area contributed by atoms with Crippen LogP contribution in [0.3, 0.4) is 0 Å². The Morgan fingerprint density at radius 1 is 1.33 bits per heavy atom. The summed E-state index contributed by atoms with van der Waals surface area (Å²) in [6.07, 6.45) is -4.46. The molecule has 0 atom stereocenters. The minimum absolute atomic E-state index is 0.0616. The molecule has 10 heteroatoms. The first-order valence-corrected chi connectivity index (χ1v) is 7.29. The highest BCUT2D eigenvalue weighted by Gasteiger charge is 2.32. The van der Waals surface area contributed by atoms with E-state index >= 15 is 0 Å². The number of rotatable bonds is 3. The lowest BCUT2D eigenvalue weighted by Gasteiger charge is -2.14. The summed E-state index contributed by atoms with van der Waals surface area (Å²) in [6.45, 7) is 1.61. The predicted molar refractivity (Wildman–Crippen MR) is 82.2 cm³/mol. The number of hydrogen-bond donors (Lipinski definition) is 1. The minimum Gasteiger partial charge on any atom is -0.311 e. The molecule has 0 saturated heterocycles. The van der Waals surface area contributed by atoms with E-state index in [1.807, 2.05) is 0 Å². The second-order valence-electron chi connectivity index (χ2n) is 4.63. The van der Waals surface area contributed by atoms with Crippen LogP contribution in [0.2, 0.25) is 10.0 Å². The molecular weight excluding hydrogens is 368 g/mol. The Morgan fingerprint density at radius 3 is 2.38 bits per heavy atom. The lowest BCUT2D eigenvalue weighted by molar-refractivity contribution is -0.137. The van der Waals surface area contributed by atoms with Crippen LogP contribution in [-0.2, 0) is 11.0 Å². The van der Waals surface area contributed by atoms with Gasteiger partial charge in [0.2, 0.25) is 5.91 Å². The molecule has 0 aliphatic rings. The summed E-state index contributed by atoms with van der Waals surface area (Å²) in [6, 6.07) is 4.43. The van der Waals surface area contributed by atoms with Gasteiger partial charge >= 0.3 is 6.18 Å². The van der Waals surface area contributed by atoms with Gasteiger partial charge in [0.25, 0.3) is 0 Å². The molecule has 5 nitrogen and oxygen atoms in total. The van der Waals surface area contributed by atoms with Crippen LogP contribution >= 0.6 is 23.2 Å². The number of carbonyl (C=O) groups is 1. The van der Waals surface area contributed by atoms with Gasteiger partial charge in [0.15, 0.2) is 5.69 Å². The molecule has 0 aliphatic heterocycles. The van der Waals surface area contributed by atoms with Crippen LogP contribution in [0.15, 0.2) is 18.2 Å². The first-order valence-electron chi connectivity index (χ1n) is 6.54. The summed E-state index contributed by atoms with van der Waals surface area (Å²) in [7, 11) is 0. The molecule has 0 unspecified atom stereocenters. The highest BCUT2D eigenvalue weighted by molar-refractivity contribution is 6.38. The summed E-state index contributed by atoms with van der Waals surface area (Å²) in [5.74, 6) is -0.304. The normalized spacial score (nSPS) is 11.2. The Kier molecular flexibility index (Phi) is 5.06. The number of nitrogens with one attached hydrogen (secondary N) is 1. The fourth-order valence-electron chi connectivity index (χ4n) is 1.86. The average molecular weight is 377 g/mol. The lowest BCUT2D eigenvalue weighted by Crippen LogP contribution is -2.14. The fourth-order valence-corrected chi connectivity index (χ4v) is 2.51.